The van der Waals surface area contributed by atoms with Crippen molar-refractivity contribution in [3.63, 3.8) is 0 Å². The first kappa shape index (κ1) is 19.5. The number of fused-ring (bicyclic) bond motifs is 1. The van der Waals surface area contributed by atoms with E-state index in [9.17, 15) is 9.59 Å². The van der Waals surface area contributed by atoms with Crippen LogP contribution in [0.1, 0.15) is 45.3 Å². The number of hydrazone groups is 1. The van der Waals surface area contributed by atoms with Crippen LogP contribution in [0.2, 0.25) is 0 Å². The van der Waals surface area contributed by atoms with Gasteiger partial charge in [0.2, 0.25) is 0 Å². The normalized spacial score (nSPS) is 24.7. The fraction of sp³-hybridized carbons (Fsp3) is 0.207. The topological polar surface area (TPSA) is 54.7 Å². The highest BCUT2D eigenvalue weighted by Crippen LogP contribution is 2.60. The first-order valence-electron chi connectivity index (χ1n) is 11.7. The Balaban J connectivity index is 1.34. The number of carbonyl (C=O) groups is 2. The van der Waals surface area contributed by atoms with Crippen molar-refractivity contribution in [2.24, 2.45) is 24.0 Å². The second kappa shape index (κ2) is 6.76. The zero-order valence-electron chi connectivity index (χ0n) is 19.0. The Bertz CT molecular complexity index is 1450. The van der Waals surface area contributed by atoms with Crippen molar-refractivity contribution >= 4 is 28.9 Å². The summed E-state index contributed by atoms with van der Waals surface area (Å²) < 4.78 is 2.11. The highest BCUT2D eigenvalue weighted by molar-refractivity contribution is 6.09. The van der Waals surface area contributed by atoms with E-state index in [2.05, 4.69) is 40.0 Å². The van der Waals surface area contributed by atoms with E-state index in [4.69, 9.17) is 0 Å². The van der Waals surface area contributed by atoms with E-state index >= 15 is 0 Å². The maximum absolute atomic E-state index is 13.7. The predicted molar refractivity (Wildman–Crippen MR) is 131 cm³/mol. The number of imide groups is 1. The summed E-state index contributed by atoms with van der Waals surface area (Å²) in [4.78, 5) is 27.4. The molecule has 0 saturated carbocycles. The minimum atomic E-state index is -0.409. The summed E-state index contributed by atoms with van der Waals surface area (Å²) in [6.07, 6.45) is 1.69. The van der Waals surface area contributed by atoms with E-state index in [-0.39, 0.29) is 23.7 Å². The van der Waals surface area contributed by atoms with Crippen molar-refractivity contribution in [1.82, 2.24) is 9.58 Å². The maximum Gasteiger partial charge on any atom is 0.254 e. The van der Waals surface area contributed by atoms with Gasteiger partial charge >= 0.3 is 0 Å². The number of nitrogens with zero attached hydrogens (tertiary/aromatic N) is 3. The molecule has 3 aromatic carbocycles. The van der Waals surface area contributed by atoms with Crippen molar-refractivity contribution in [3.8, 4) is 0 Å². The molecule has 8 rings (SSSR count). The molecule has 1 aromatic heterocycles. The zero-order valence-corrected chi connectivity index (χ0v) is 19.0. The molecule has 2 heterocycles. The van der Waals surface area contributed by atoms with Crippen LogP contribution in [-0.4, -0.2) is 27.6 Å². The number of carbonyl (C=O) groups excluding carboxylic acids is 2. The lowest BCUT2D eigenvalue weighted by molar-refractivity contribution is -0.139. The Labute approximate surface area is 197 Å². The number of aromatic nitrogens is 1. The highest BCUT2D eigenvalue weighted by atomic mass is 16.2. The number of aryl methyl sites for hydroxylation is 1. The van der Waals surface area contributed by atoms with Gasteiger partial charge in [-0.3, -0.25) is 9.59 Å². The largest absolute Gasteiger partial charge is 0.347 e. The van der Waals surface area contributed by atoms with Crippen LogP contribution >= 0.6 is 0 Å². The van der Waals surface area contributed by atoms with E-state index < -0.39 is 11.8 Å². The van der Waals surface area contributed by atoms with Crippen LogP contribution in [0, 0.1) is 18.8 Å². The Morgan fingerprint density at radius 1 is 0.735 bits per heavy atom. The molecule has 0 spiro atoms. The average molecular weight is 446 g/mol. The smallest absolute Gasteiger partial charge is 0.254 e. The van der Waals surface area contributed by atoms with Gasteiger partial charge in [0.1, 0.15) is 0 Å². The van der Waals surface area contributed by atoms with Crippen LogP contribution in [0.3, 0.4) is 0 Å². The molecule has 2 unspecified atom stereocenters. The summed E-state index contributed by atoms with van der Waals surface area (Å²) in [6.45, 7) is 2.03. The van der Waals surface area contributed by atoms with Gasteiger partial charge in [0.05, 0.1) is 18.1 Å². The van der Waals surface area contributed by atoms with Gasteiger partial charge in [0.15, 0.2) is 0 Å². The molecule has 5 nitrogen and oxygen atoms in total. The van der Waals surface area contributed by atoms with Gasteiger partial charge in [-0.25, -0.2) is 0 Å². The summed E-state index contributed by atoms with van der Waals surface area (Å²) in [6, 6.07) is 24.7. The molecule has 34 heavy (non-hydrogen) atoms. The van der Waals surface area contributed by atoms with Crippen molar-refractivity contribution in [2.75, 3.05) is 0 Å². The summed E-state index contributed by atoms with van der Waals surface area (Å²) >= 11 is 0. The standard InChI is InChI=1S/C29H23N3O2/c1-16-22(17-9-7-8-14-23(17)31(16)2)15-30-32-28(33)26-24-18-10-3-4-11-19(18)25(27(26)29(32)34)21-13-6-5-12-20(21)24/h3-15,24-27H,1-2H3/b30-15+. The summed E-state index contributed by atoms with van der Waals surface area (Å²) in [5.41, 5.74) is 7.75. The quantitative estimate of drug-likeness (QED) is 0.331. The lowest BCUT2D eigenvalue weighted by Gasteiger charge is -2.45. The van der Waals surface area contributed by atoms with Crippen LogP contribution in [0.15, 0.2) is 77.9 Å². The van der Waals surface area contributed by atoms with Crippen molar-refractivity contribution < 1.29 is 9.59 Å². The number of benzene rings is 3. The summed E-state index contributed by atoms with van der Waals surface area (Å²) in [7, 11) is 2.02. The molecule has 0 N–H and O–H groups in total. The summed E-state index contributed by atoms with van der Waals surface area (Å²) in [5.74, 6) is -1.43. The molecule has 2 atom stereocenters. The fourth-order valence-corrected chi connectivity index (χ4v) is 6.60. The Morgan fingerprint density at radius 2 is 1.21 bits per heavy atom. The van der Waals surface area contributed by atoms with Crippen LogP contribution < -0.4 is 0 Å². The molecular weight excluding hydrogens is 422 g/mol. The third-order valence-electron chi connectivity index (χ3n) is 8.18. The molecule has 2 amide bonds. The van der Waals surface area contributed by atoms with Crippen LogP contribution in [-0.2, 0) is 16.6 Å². The average Bonchev–Trinajstić information content (AvgIpc) is 3.27. The Hall–Kier alpha value is -3.99. The van der Waals surface area contributed by atoms with Crippen molar-refractivity contribution in [3.05, 3.63) is 106 Å². The van der Waals surface area contributed by atoms with E-state index in [0.717, 1.165) is 27.2 Å². The van der Waals surface area contributed by atoms with E-state index in [1.807, 2.05) is 56.4 Å². The van der Waals surface area contributed by atoms with Gasteiger partial charge in [-0.05, 0) is 35.2 Å². The zero-order chi connectivity index (χ0) is 23.1. The Morgan fingerprint density at radius 3 is 1.74 bits per heavy atom. The monoisotopic (exact) mass is 445 g/mol. The Kier molecular flexibility index (Phi) is 3.87. The molecular formula is C29H23N3O2. The van der Waals surface area contributed by atoms with E-state index in [1.54, 1.807) is 6.21 Å². The number of hydrogen-bond acceptors (Lipinski definition) is 3. The van der Waals surface area contributed by atoms with Crippen LogP contribution in [0.4, 0.5) is 0 Å². The molecule has 4 aromatic rings. The lowest BCUT2D eigenvalue weighted by Crippen LogP contribution is -2.41. The van der Waals surface area contributed by atoms with Crippen molar-refractivity contribution in [2.45, 2.75) is 18.8 Å². The third kappa shape index (κ3) is 2.31. The molecule has 2 bridgehead atoms. The fourth-order valence-electron chi connectivity index (χ4n) is 6.60. The van der Waals surface area contributed by atoms with Gasteiger partial charge < -0.3 is 4.57 Å². The molecule has 1 saturated heterocycles. The molecule has 4 aliphatic rings. The number of amides is 2. The number of rotatable bonds is 2. The van der Waals surface area contributed by atoms with E-state index in [1.165, 1.54) is 22.3 Å². The molecule has 3 aliphatic carbocycles. The first-order valence-corrected chi connectivity index (χ1v) is 11.7. The van der Waals surface area contributed by atoms with Gasteiger partial charge in [0, 0.05) is 41.0 Å². The molecule has 1 fully saturated rings. The molecule has 5 heteroatoms. The number of para-hydroxylation sites is 1. The second-order valence-corrected chi connectivity index (χ2v) is 9.57. The maximum atomic E-state index is 13.7. The lowest BCUT2D eigenvalue weighted by atomic mass is 9.55. The first-order chi connectivity index (χ1) is 16.6. The molecule has 166 valence electrons. The van der Waals surface area contributed by atoms with Crippen molar-refractivity contribution in [1.29, 1.82) is 0 Å². The van der Waals surface area contributed by atoms with Gasteiger partial charge in [-0.2, -0.15) is 10.1 Å². The predicted octanol–water partition coefficient (Wildman–Crippen LogP) is 4.71. The minimum Gasteiger partial charge on any atom is -0.347 e. The SMILES string of the molecule is Cc1c(/C=N/N2C(=O)C3C4c5ccccc5C(c5ccccc54)C3C2=O)c2ccccc2n1C. The third-order valence-corrected chi connectivity index (χ3v) is 8.18. The highest BCUT2D eigenvalue weighted by Gasteiger charge is 2.61. The van der Waals surface area contributed by atoms with Gasteiger partial charge in [0.25, 0.3) is 11.8 Å². The minimum absolute atomic E-state index is 0.113. The summed E-state index contributed by atoms with van der Waals surface area (Å²) in [5, 5.41) is 6.73. The number of hydrogen-bond donors (Lipinski definition) is 0. The van der Waals surface area contributed by atoms with Gasteiger partial charge in [-0.1, -0.05) is 66.7 Å². The molecule has 0 radical (unpaired) electrons. The van der Waals surface area contributed by atoms with Gasteiger partial charge in [-0.15, -0.1) is 0 Å². The second-order valence-electron chi connectivity index (χ2n) is 9.57. The van der Waals surface area contributed by atoms with Crippen LogP contribution in [0.5, 0.6) is 0 Å². The van der Waals surface area contributed by atoms with Crippen LogP contribution in [0.25, 0.3) is 10.9 Å². The van der Waals surface area contributed by atoms with E-state index in [0.29, 0.717) is 0 Å². The molecule has 1 aliphatic heterocycles.